The van der Waals surface area contributed by atoms with E-state index in [0.717, 1.165) is 6.07 Å². The molecule has 0 saturated heterocycles. The third-order valence-corrected chi connectivity index (χ3v) is 5.00. The fourth-order valence-electron chi connectivity index (χ4n) is 2.68. The molecule has 0 aliphatic carbocycles. The number of thioether (sulfide) groups is 1. The topological polar surface area (TPSA) is 43.6 Å². The van der Waals surface area contributed by atoms with E-state index in [-0.39, 0.29) is 11.4 Å². The Morgan fingerprint density at radius 2 is 1.75 bits per heavy atom. The first-order chi connectivity index (χ1) is 13.6. The summed E-state index contributed by atoms with van der Waals surface area (Å²) >= 11 is 1.18. The van der Waals surface area contributed by atoms with E-state index in [1.54, 1.807) is 47.3 Å². The number of benzene rings is 2. The van der Waals surface area contributed by atoms with Gasteiger partial charge in [0, 0.05) is 29.8 Å². The Morgan fingerprint density at radius 3 is 2.50 bits per heavy atom. The molecule has 4 aromatic rings. The molecule has 4 nitrogen and oxygen atoms in total. The first-order valence-corrected chi connectivity index (χ1v) is 9.29. The number of para-hydroxylation sites is 1. The van der Waals surface area contributed by atoms with Gasteiger partial charge in [0.15, 0.2) is 11.0 Å². The lowest BCUT2D eigenvalue weighted by Crippen LogP contribution is -2.02. The summed E-state index contributed by atoms with van der Waals surface area (Å²) in [6, 6.07) is 13.2. The van der Waals surface area contributed by atoms with Gasteiger partial charge in [-0.1, -0.05) is 30.0 Å². The summed E-state index contributed by atoms with van der Waals surface area (Å²) in [5.74, 6) is -1.12. The van der Waals surface area contributed by atoms with Crippen molar-refractivity contribution in [3.63, 3.8) is 0 Å². The Labute approximate surface area is 163 Å². The van der Waals surface area contributed by atoms with Crippen LogP contribution in [0.25, 0.3) is 17.1 Å². The van der Waals surface area contributed by atoms with Crippen LogP contribution in [0.4, 0.5) is 13.2 Å². The number of hydrogen-bond donors (Lipinski definition) is 0. The third kappa shape index (κ3) is 3.63. The van der Waals surface area contributed by atoms with E-state index in [1.807, 2.05) is 0 Å². The molecule has 140 valence electrons. The van der Waals surface area contributed by atoms with Crippen molar-refractivity contribution in [1.29, 1.82) is 0 Å². The number of aromatic nitrogens is 4. The van der Waals surface area contributed by atoms with Crippen molar-refractivity contribution >= 4 is 11.8 Å². The van der Waals surface area contributed by atoms with E-state index in [9.17, 15) is 13.2 Å². The third-order valence-electron chi connectivity index (χ3n) is 4.02. The molecule has 4 rings (SSSR count). The molecule has 8 heteroatoms. The van der Waals surface area contributed by atoms with Gasteiger partial charge in [0.05, 0.1) is 5.69 Å². The van der Waals surface area contributed by atoms with Gasteiger partial charge in [-0.3, -0.25) is 9.55 Å². The fourth-order valence-corrected chi connectivity index (χ4v) is 3.61. The summed E-state index contributed by atoms with van der Waals surface area (Å²) in [6.45, 7) is 0. The molecule has 2 aromatic heterocycles. The van der Waals surface area contributed by atoms with Crippen molar-refractivity contribution in [3.05, 3.63) is 90.0 Å². The highest BCUT2D eigenvalue weighted by Gasteiger charge is 2.19. The molecule has 0 spiro atoms. The summed E-state index contributed by atoms with van der Waals surface area (Å²) in [5, 5.41) is 8.72. The molecule has 0 radical (unpaired) electrons. The molecule has 0 bridgehead atoms. The molecule has 0 saturated carbocycles. The maximum absolute atomic E-state index is 14.5. The smallest absolute Gasteiger partial charge is 0.196 e. The second-order valence-electron chi connectivity index (χ2n) is 5.86. The number of halogens is 3. The predicted octanol–water partition coefficient (Wildman–Crippen LogP) is 5.04. The number of pyridine rings is 1. The zero-order valence-corrected chi connectivity index (χ0v) is 15.2. The maximum Gasteiger partial charge on any atom is 0.196 e. The van der Waals surface area contributed by atoms with E-state index in [1.165, 1.54) is 30.0 Å². The highest BCUT2D eigenvalue weighted by Crippen LogP contribution is 2.31. The molecular weight excluding hydrogens is 385 g/mol. The average Bonchev–Trinajstić information content (AvgIpc) is 3.12. The van der Waals surface area contributed by atoms with Crippen LogP contribution in [0.3, 0.4) is 0 Å². The van der Waals surface area contributed by atoms with Gasteiger partial charge in [0.1, 0.15) is 17.5 Å². The van der Waals surface area contributed by atoms with Crippen LogP contribution in [-0.2, 0) is 5.75 Å². The van der Waals surface area contributed by atoms with Crippen LogP contribution in [0.1, 0.15) is 5.56 Å². The zero-order chi connectivity index (χ0) is 19.5. The molecule has 0 fully saturated rings. The molecule has 0 N–H and O–H groups in total. The zero-order valence-electron chi connectivity index (χ0n) is 14.4. The minimum Gasteiger partial charge on any atom is -0.267 e. The standard InChI is InChI=1S/C20H13F3N4S/c21-15-8-7-14(17(23)10-15)12-28-20-26-25-19(13-4-3-9-24-11-13)27(20)18-6-2-1-5-16(18)22/h1-11H,12H2. The number of nitrogens with zero attached hydrogens (tertiary/aromatic N) is 4. The molecule has 0 unspecified atom stereocenters. The maximum atomic E-state index is 14.5. The van der Waals surface area contributed by atoms with E-state index in [0.29, 0.717) is 22.1 Å². The van der Waals surface area contributed by atoms with Crippen molar-refractivity contribution in [2.75, 3.05) is 0 Å². The summed E-state index contributed by atoms with van der Waals surface area (Å²) in [4.78, 5) is 4.07. The van der Waals surface area contributed by atoms with Gasteiger partial charge in [-0.25, -0.2) is 13.2 Å². The second-order valence-corrected chi connectivity index (χ2v) is 6.80. The van der Waals surface area contributed by atoms with Gasteiger partial charge < -0.3 is 0 Å². The quantitative estimate of drug-likeness (QED) is 0.442. The Hall–Kier alpha value is -3.13. The highest BCUT2D eigenvalue weighted by atomic mass is 32.2. The Bertz CT molecular complexity index is 1120. The molecule has 28 heavy (non-hydrogen) atoms. The fraction of sp³-hybridized carbons (Fsp3) is 0.0500. The van der Waals surface area contributed by atoms with Gasteiger partial charge in [-0.15, -0.1) is 10.2 Å². The van der Waals surface area contributed by atoms with Gasteiger partial charge in [-0.05, 0) is 35.9 Å². The van der Waals surface area contributed by atoms with Crippen LogP contribution >= 0.6 is 11.8 Å². The Morgan fingerprint density at radius 1 is 0.893 bits per heavy atom. The molecule has 0 aliphatic heterocycles. The van der Waals surface area contributed by atoms with Gasteiger partial charge >= 0.3 is 0 Å². The van der Waals surface area contributed by atoms with Gasteiger partial charge in [0.2, 0.25) is 0 Å². The normalized spacial score (nSPS) is 11.0. The SMILES string of the molecule is Fc1ccc(CSc2nnc(-c3cccnc3)n2-c2ccccc2F)c(F)c1. The van der Waals surface area contributed by atoms with E-state index < -0.39 is 17.5 Å². The number of rotatable bonds is 5. The molecule has 0 aliphatic rings. The first kappa shape index (κ1) is 18.2. The first-order valence-electron chi connectivity index (χ1n) is 8.31. The van der Waals surface area contributed by atoms with Crippen LogP contribution in [0.15, 0.2) is 72.1 Å². The van der Waals surface area contributed by atoms with Crippen molar-refractivity contribution < 1.29 is 13.2 Å². The lowest BCUT2D eigenvalue weighted by atomic mass is 10.2. The van der Waals surface area contributed by atoms with Crippen molar-refractivity contribution in [3.8, 4) is 17.1 Å². The highest BCUT2D eigenvalue weighted by molar-refractivity contribution is 7.98. The number of hydrogen-bond acceptors (Lipinski definition) is 4. The van der Waals surface area contributed by atoms with Crippen LogP contribution in [0.2, 0.25) is 0 Å². The molecule has 2 aromatic carbocycles. The Balaban J connectivity index is 1.75. The van der Waals surface area contributed by atoms with Crippen LogP contribution < -0.4 is 0 Å². The lowest BCUT2D eigenvalue weighted by Gasteiger charge is -2.11. The van der Waals surface area contributed by atoms with Gasteiger partial charge in [-0.2, -0.15) is 0 Å². The summed E-state index contributed by atoms with van der Waals surface area (Å²) in [6.07, 6.45) is 3.23. The Kier molecular flexibility index (Phi) is 5.12. The summed E-state index contributed by atoms with van der Waals surface area (Å²) in [7, 11) is 0. The average molecular weight is 398 g/mol. The van der Waals surface area contributed by atoms with Crippen LogP contribution in [-0.4, -0.2) is 19.7 Å². The van der Waals surface area contributed by atoms with Crippen LogP contribution in [0, 0.1) is 17.5 Å². The summed E-state index contributed by atoms with van der Waals surface area (Å²) in [5.41, 5.74) is 1.25. The van der Waals surface area contributed by atoms with Crippen molar-refractivity contribution in [1.82, 2.24) is 19.7 Å². The van der Waals surface area contributed by atoms with E-state index in [2.05, 4.69) is 15.2 Å². The summed E-state index contributed by atoms with van der Waals surface area (Å²) < 4.78 is 43.1. The van der Waals surface area contributed by atoms with Crippen LogP contribution in [0.5, 0.6) is 0 Å². The van der Waals surface area contributed by atoms with Crippen molar-refractivity contribution in [2.24, 2.45) is 0 Å². The van der Waals surface area contributed by atoms with Gasteiger partial charge in [0.25, 0.3) is 0 Å². The predicted molar refractivity (Wildman–Crippen MR) is 100 cm³/mol. The minimum atomic E-state index is -0.642. The van der Waals surface area contributed by atoms with E-state index in [4.69, 9.17) is 0 Å². The largest absolute Gasteiger partial charge is 0.267 e. The second kappa shape index (κ2) is 7.85. The van der Waals surface area contributed by atoms with Crippen molar-refractivity contribution in [2.45, 2.75) is 10.9 Å². The lowest BCUT2D eigenvalue weighted by molar-refractivity contribution is 0.576. The molecule has 0 atom stereocenters. The molecular formula is C20H13F3N4S. The minimum absolute atomic E-state index is 0.186. The molecule has 2 heterocycles. The monoisotopic (exact) mass is 398 g/mol. The van der Waals surface area contributed by atoms with E-state index >= 15 is 0 Å². The molecule has 0 amide bonds.